The van der Waals surface area contributed by atoms with E-state index in [1.54, 1.807) is 19.1 Å². The van der Waals surface area contributed by atoms with E-state index in [9.17, 15) is 14.4 Å². The molecule has 0 bridgehead atoms. The van der Waals surface area contributed by atoms with E-state index in [1.807, 2.05) is 19.1 Å². The molecule has 23 heavy (non-hydrogen) atoms. The Kier molecular flexibility index (Phi) is 5.00. The minimum Gasteiger partial charge on any atom is -0.383 e. The third-order valence-corrected chi connectivity index (χ3v) is 3.83. The average Bonchev–Trinajstić information content (AvgIpc) is 2.72. The van der Waals surface area contributed by atoms with Gasteiger partial charge in [0.05, 0.1) is 6.61 Å². The second-order valence-electron chi connectivity index (χ2n) is 5.66. The van der Waals surface area contributed by atoms with Crippen LogP contribution in [0.3, 0.4) is 0 Å². The number of amides is 4. The topological polar surface area (TPSA) is 87.7 Å². The fourth-order valence-electron chi connectivity index (χ4n) is 2.42. The number of imide groups is 1. The van der Waals surface area contributed by atoms with Crippen LogP contribution in [0.15, 0.2) is 24.3 Å². The highest BCUT2D eigenvalue weighted by molar-refractivity contribution is 6.09. The van der Waals surface area contributed by atoms with Gasteiger partial charge >= 0.3 is 6.03 Å². The van der Waals surface area contributed by atoms with Crippen molar-refractivity contribution in [3.05, 3.63) is 35.4 Å². The second-order valence-corrected chi connectivity index (χ2v) is 5.66. The summed E-state index contributed by atoms with van der Waals surface area (Å²) in [6.45, 7) is 3.97. The van der Waals surface area contributed by atoms with Gasteiger partial charge in [-0.2, -0.15) is 0 Å². The molecule has 2 rings (SSSR count). The number of hydrogen-bond acceptors (Lipinski definition) is 4. The Labute approximate surface area is 135 Å². The first kappa shape index (κ1) is 17.0. The van der Waals surface area contributed by atoms with Crippen molar-refractivity contribution in [3.8, 4) is 0 Å². The highest BCUT2D eigenvalue weighted by atomic mass is 16.5. The van der Waals surface area contributed by atoms with Crippen LogP contribution in [0.1, 0.15) is 18.1 Å². The van der Waals surface area contributed by atoms with Gasteiger partial charge < -0.3 is 15.4 Å². The van der Waals surface area contributed by atoms with Crippen LogP contribution in [0.4, 0.5) is 4.79 Å². The summed E-state index contributed by atoms with van der Waals surface area (Å²) in [5.41, 5.74) is 0.588. The summed E-state index contributed by atoms with van der Waals surface area (Å²) in [5.74, 6) is -0.841. The summed E-state index contributed by atoms with van der Waals surface area (Å²) in [7, 11) is 1.52. The molecule has 1 aliphatic heterocycles. The molecule has 0 saturated carbocycles. The maximum absolute atomic E-state index is 12.6. The van der Waals surface area contributed by atoms with Crippen molar-refractivity contribution >= 4 is 17.8 Å². The maximum atomic E-state index is 12.6. The Balaban J connectivity index is 2.10. The Bertz CT molecular complexity index is 614. The summed E-state index contributed by atoms with van der Waals surface area (Å²) in [4.78, 5) is 37.5. The lowest BCUT2D eigenvalue weighted by Gasteiger charge is -2.22. The standard InChI is InChI=1S/C16H21N3O4/c1-11-4-6-12(7-5-11)16(2)14(21)19(15(22)18-16)10-13(20)17-8-9-23-3/h4-7H,8-10H2,1-3H3,(H,17,20)(H,18,22)/t16-/m1/s1. The van der Waals surface area contributed by atoms with Gasteiger partial charge in [-0.05, 0) is 19.4 Å². The number of carbonyl (C=O) groups excluding carboxylic acids is 3. The summed E-state index contributed by atoms with van der Waals surface area (Å²) in [6, 6.07) is 6.78. The number of benzene rings is 1. The largest absolute Gasteiger partial charge is 0.383 e. The van der Waals surface area contributed by atoms with Crippen LogP contribution in [0, 0.1) is 6.92 Å². The molecule has 4 amide bonds. The molecule has 1 aromatic rings. The molecule has 0 unspecified atom stereocenters. The molecule has 1 aromatic carbocycles. The summed E-state index contributed by atoms with van der Waals surface area (Å²) in [5, 5.41) is 5.26. The summed E-state index contributed by atoms with van der Waals surface area (Å²) in [6.07, 6.45) is 0. The number of urea groups is 1. The highest BCUT2D eigenvalue weighted by Crippen LogP contribution is 2.28. The molecular formula is C16H21N3O4. The van der Waals surface area contributed by atoms with Crippen molar-refractivity contribution in [1.82, 2.24) is 15.5 Å². The lowest BCUT2D eigenvalue weighted by atomic mass is 9.91. The van der Waals surface area contributed by atoms with Gasteiger partial charge in [0.1, 0.15) is 12.1 Å². The third-order valence-electron chi connectivity index (χ3n) is 3.83. The van der Waals surface area contributed by atoms with E-state index in [0.29, 0.717) is 18.7 Å². The highest BCUT2D eigenvalue weighted by Gasteiger charge is 2.49. The van der Waals surface area contributed by atoms with Gasteiger partial charge in [0.15, 0.2) is 0 Å². The predicted molar refractivity (Wildman–Crippen MR) is 83.7 cm³/mol. The molecular weight excluding hydrogens is 298 g/mol. The Morgan fingerprint density at radius 1 is 1.30 bits per heavy atom. The molecule has 7 heteroatoms. The minimum atomic E-state index is -1.16. The van der Waals surface area contributed by atoms with Gasteiger partial charge in [0.2, 0.25) is 5.91 Å². The number of aryl methyl sites for hydroxylation is 1. The van der Waals surface area contributed by atoms with Gasteiger partial charge in [-0.3, -0.25) is 14.5 Å². The van der Waals surface area contributed by atoms with E-state index in [2.05, 4.69) is 10.6 Å². The van der Waals surface area contributed by atoms with Crippen molar-refractivity contribution in [3.63, 3.8) is 0 Å². The van der Waals surface area contributed by atoms with Crippen LogP contribution in [0.5, 0.6) is 0 Å². The molecule has 1 heterocycles. The smallest absolute Gasteiger partial charge is 0.325 e. The van der Waals surface area contributed by atoms with E-state index in [4.69, 9.17) is 4.74 Å². The van der Waals surface area contributed by atoms with Crippen LogP contribution < -0.4 is 10.6 Å². The lowest BCUT2D eigenvalue weighted by Crippen LogP contribution is -2.43. The average molecular weight is 319 g/mol. The number of methoxy groups -OCH3 is 1. The van der Waals surface area contributed by atoms with E-state index < -0.39 is 23.4 Å². The van der Waals surface area contributed by atoms with E-state index in [-0.39, 0.29) is 6.54 Å². The van der Waals surface area contributed by atoms with Crippen LogP contribution in [-0.4, -0.2) is 49.6 Å². The van der Waals surface area contributed by atoms with Crippen molar-refractivity contribution in [2.75, 3.05) is 26.8 Å². The molecule has 0 spiro atoms. The van der Waals surface area contributed by atoms with Crippen molar-refractivity contribution < 1.29 is 19.1 Å². The molecule has 0 radical (unpaired) electrons. The van der Waals surface area contributed by atoms with Crippen LogP contribution >= 0.6 is 0 Å². The van der Waals surface area contributed by atoms with Gasteiger partial charge in [-0.15, -0.1) is 0 Å². The van der Waals surface area contributed by atoms with Crippen LogP contribution in [0.25, 0.3) is 0 Å². The number of hydrogen-bond donors (Lipinski definition) is 2. The van der Waals surface area contributed by atoms with Crippen molar-refractivity contribution in [1.29, 1.82) is 0 Å². The summed E-state index contributed by atoms with van der Waals surface area (Å²) < 4.78 is 4.83. The number of nitrogens with one attached hydrogen (secondary N) is 2. The number of rotatable bonds is 6. The quantitative estimate of drug-likeness (QED) is 0.591. The molecule has 1 atom stereocenters. The van der Waals surface area contributed by atoms with Gasteiger partial charge in [-0.1, -0.05) is 29.8 Å². The normalized spacial score (nSPS) is 20.6. The summed E-state index contributed by atoms with van der Waals surface area (Å²) >= 11 is 0. The predicted octanol–water partition coefficient (Wildman–Crippen LogP) is 0.525. The number of ether oxygens (including phenoxy) is 1. The molecule has 1 aliphatic rings. The Morgan fingerprint density at radius 2 is 1.96 bits per heavy atom. The molecule has 7 nitrogen and oxygen atoms in total. The first-order valence-corrected chi connectivity index (χ1v) is 7.35. The Hall–Kier alpha value is -2.41. The van der Waals surface area contributed by atoms with E-state index in [1.165, 1.54) is 7.11 Å². The fourth-order valence-corrected chi connectivity index (χ4v) is 2.42. The van der Waals surface area contributed by atoms with E-state index >= 15 is 0 Å². The second kappa shape index (κ2) is 6.78. The zero-order chi connectivity index (χ0) is 17.0. The number of carbonyl (C=O) groups is 3. The van der Waals surface area contributed by atoms with Gasteiger partial charge in [-0.25, -0.2) is 4.79 Å². The minimum absolute atomic E-state index is 0.310. The lowest BCUT2D eigenvalue weighted by molar-refractivity contribution is -0.134. The van der Waals surface area contributed by atoms with Crippen molar-refractivity contribution in [2.45, 2.75) is 19.4 Å². The molecule has 0 aliphatic carbocycles. The molecule has 1 saturated heterocycles. The number of nitrogens with zero attached hydrogens (tertiary/aromatic N) is 1. The van der Waals surface area contributed by atoms with E-state index in [0.717, 1.165) is 10.5 Å². The van der Waals surface area contributed by atoms with Gasteiger partial charge in [0.25, 0.3) is 5.91 Å². The fraction of sp³-hybridized carbons (Fsp3) is 0.438. The molecule has 1 fully saturated rings. The molecule has 2 N–H and O–H groups in total. The first-order valence-electron chi connectivity index (χ1n) is 7.35. The zero-order valence-corrected chi connectivity index (χ0v) is 13.5. The molecule has 124 valence electrons. The van der Waals surface area contributed by atoms with Crippen LogP contribution in [0.2, 0.25) is 0 Å². The van der Waals surface area contributed by atoms with Gasteiger partial charge in [0, 0.05) is 13.7 Å². The first-order chi connectivity index (χ1) is 10.9. The van der Waals surface area contributed by atoms with Crippen LogP contribution in [-0.2, 0) is 19.9 Å². The SMILES string of the molecule is COCCNC(=O)CN1C(=O)N[C@](C)(c2ccc(C)cc2)C1=O. The third kappa shape index (κ3) is 3.50. The maximum Gasteiger partial charge on any atom is 0.325 e. The van der Waals surface area contributed by atoms with Crippen molar-refractivity contribution in [2.24, 2.45) is 0 Å². The monoisotopic (exact) mass is 319 g/mol. The zero-order valence-electron chi connectivity index (χ0n) is 13.5. The Morgan fingerprint density at radius 3 is 2.57 bits per heavy atom. The molecule has 0 aromatic heterocycles.